The van der Waals surface area contributed by atoms with Crippen molar-refractivity contribution in [2.45, 2.75) is 46.0 Å². The Labute approximate surface area is 125 Å². The fourth-order valence-corrected chi connectivity index (χ4v) is 3.32. The van der Waals surface area contributed by atoms with Gasteiger partial charge in [-0.15, -0.1) is 0 Å². The first-order valence-corrected chi connectivity index (χ1v) is 7.82. The first kappa shape index (κ1) is 15.5. The molecule has 1 nitrogen and oxygen atoms in total. The molecule has 0 atom stereocenters. The Morgan fingerprint density at radius 2 is 1.95 bits per heavy atom. The second-order valence-electron chi connectivity index (χ2n) is 6.21. The summed E-state index contributed by atoms with van der Waals surface area (Å²) in [6.07, 6.45) is 4.30. The zero-order valence-corrected chi connectivity index (χ0v) is 12.9. The van der Waals surface area contributed by atoms with Crippen LogP contribution < -0.4 is 0 Å². The predicted octanol–water partition coefficient (Wildman–Crippen LogP) is 5.05. The minimum Gasteiger partial charge on any atom is -0.299 e. The summed E-state index contributed by atoms with van der Waals surface area (Å²) in [5.41, 5.74) is 0.425. The third-order valence-electron chi connectivity index (χ3n) is 4.57. The van der Waals surface area contributed by atoms with E-state index in [1.807, 2.05) is 0 Å². The van der Waals surface area contributed by atoms with Crippen molar-refractivity contribution in [1.29, 1.82) is 0 Å². The number of hydrogen-bond acceptors (Lipinski definition) is 1. The van der Waals surface area contributed by atoms with E-state index in [0.717, 1.165) is 31.6 Å². The second-order valence-corrected chi connectivity index (χ2v) is 6.62. The van der Waals surface area contributed by atoms with E-state index in [1.54, 1.807) is 12.1 Å². The number of benzene rings is 1. The predicted molar refractivity (Wildman–Crippen MR) is 80.4 cm³/mol. The summed E-state index contributed by atoms with van der Waals surface area (Å²) in [5, 5.41) is 0.0961. The maximum Gasteiger partial charge on any atom is 0.145 e. The fourth-order valence-electron chi connectivity index (χ4n) is 3.12. The maximum atomic E-state index is 13.8. The van der Waals surface area contributed by atoms with Crippen LogP contribution in [0.3, 0.4) is 0 Å². The quantitative estimate of drug-likeness (QED) is 0.759. The van der Waals surface area contributed by atoms with Crippen LogP contribution >= 0.6 is 11.6 Å². The van der Waals surface area contributed by atoms with Crippen LogP contribution in [-0.2, 0) is 11.2 Å². The van der Waals surface area contributed by atoms with Crippen LogP contribution in [0.5, 0.6) is 0 Å². The Morgan fingerprint density at radius 3 is 2.55 bits per heavy atom. The third kappa shape index (κ3) is 3.60. The largest absolute Gasteiger partial charge is 0.299 e. The summed E-state index contributed by atoms with van der Waals surface area (Å²) in [6, 6.07) is 4.86. The van der Waals surface area contributed by atoms with Crippen LogP contribution in [0.4, 0.5) is 4.39 Å². The van der Waals surface area contributed by atoms with Gasteiger partial charge in [0.2, 0.25) is 0 Å². The Balaban J connectivity index is 1.95. The van der Waals surface area contributed by atoms with E-state index in [-0.39, 0.29) is 23.1 Å². The van der Waals surface area contributed by atoms with Gasteiger partial charge >= 0.3 is 0 Å². The standard InChI is InChI=1S/C17H22ClFO/c1-11(2)12-6-8-13(9-7-12)16(20)10-14-4-3-5-15(18)17(14)19/h3-5,11-13H,6-10H2,1-2H3. The van der Waals surface area contributed by atoms with Crippen LogP contribution in [0.25, 0.3) is 0 Å². The molecule has 1 aliphatic rings. The minimum atomic E-state index is -0.446. The lowest BCUT2D eigenvalue weighted by Gasteiger charge is -2.30. The van der Waals surface area contributed by atoms with Gasteiger partial charge in [-0.25, -0.2) is 4.39 Å². The molecule has 20 heavy (non-hydrogen) atoms. The molecule has 0 unspecified atom stereocenters. The molecule has 0 aromatic heterocycles. The third-order valence-corrected chi connectivity index (χ3v) is 4.86. The van der Waals surface area contributed by atoms with Gasteiger partial charge in [-0.1, -0.05) is 37.6 Å². The number of ketones is 1. The van der Waals surface area contributed by atoms with E-state index in [9.17, 15) is 9.18 Å². The van der Waals surface area contributed by atoms with Crippen molar-refractivity contribution in [3.8, 4) is 0 Å². The maximum absolute atomic E-state index is 13.8. The summed E-state index contributed by atoms with van der Waals surface area (Å²) < 4.78 is 13.8. The summed E-state index contributed by atoms with van der Waals surface area (Å²) in [5.74, 6) is 1.24. The van der Waals surface area contributed by atoms with Crippen molar-refractivity contribution in [3.63, 3.8) is 0 Å². The van der Waals surface area contributed by atoms with Crippen LogP contribution in [0, 0.1) is 23.6 Å². The van der Waals surface area contributed by atoms with Crippen molar-refractivity contribution in [3.05, 3.63) is 34.6 Å². The van der Waals surface area contributed by atoms with Gasteiger partial charge in [-0.05, 0) is 49.1 Å². The number of carbonyl (C=O) groups excluding carboxylic acids is 1. The molecule has 0 aliphatic heterocycles. The van der Waals surface area contributed by atoms with Crippen LogP contribution in [0.2, 0.25) is 5.02 Å². The van der Waals surface area contributed by atoms with Crippen molar-refractivity contribution >= 4 is 17.4 Å². The summed E-state index contributed by atoms with van der Waals surface area (Å²) in [7, 11) is 0. The highest BCUT2D eigenvalue weighted by molar-refractivity contribution is 6.30. The lowest BCUT2D eigenvalue weighted by atomic mass is 9.75. The van der Waals surface area contributed by atoms with Crippen molar-refractivity contribution in [2.75, 3.05) is 0 Å². The van der Waals surface area contributed by atoms with Gasteiger partial charge in [-0.3, -0.25) is 4.79 Å². The number of Topliss-reactive ketones (excluding diaryl/α,β-unsaturated/α-hetero) is 1. The molecule has 0 saturated heterocycles. The van der Waals surface area contributed by atoms with E-state index in [1.165, 1.54) is 6.07 Å². The molecule has 2 rings (SSSR count). The van der Waals surface area contributed by atoms with Gasteiger partial charge in [0.25, 0.3) is 0 Å². The van der Waals surface area contributed by atoms with E-state index < -0.39 is 5.82 Å². The lowest BCUT2D eigenvalue weighted by Crippen LogP contribution is -2.25. The minimum absolute atomic E-state index is 0.0961. The van der Waals surface area contributed by atoms with Gasteiger partial charge in [0, 0.05) is 12.3 Å². The van der Waals surface area contributed by atoms with Crippen molar-refractivity contribution in [2.24, 2.45) is 17.8 Å². The summed E-state index contributed by atoms with van der Waals surface area (Å²) in [6.45, 7) is 4.49. The second kappa shape index (κ2) is 6.71. The molecule has 1 aromatic carbocycles. The van der Waals surface area contributed by atoms with Gasteiger partial charge < -0.3 is 0 Å². The van der Waals surface area contributed by atoms with Gasteiger partial charge in [0.15, 0.2) is 0 Å². The van der Waals surface area contributed by atoms with Crippen LogP contribution in [0.15, 0.2) is 18.2 Å². The SMILES string of the molecule is CC(C)C1CCC(C(=O)Cc2cccc(Cl)c2F)CC1. The Hall–Kier alpha value is -0.890. The smallest absolute Gasteiger partial charge is 0.145 e. The average Bonchev–Trinajstić information content (AvgIpc) is 2.44. The van der Waals surface area contributed by atoms with Crippen LogP contribution in [0.1, 0.15) is 45.1 Å². The lowest BCUT2D eigenvalue weighted by molar-refractivity contribution is -0.123. The zero-order chi connectivity index (χ0) is 14.7. The number of hydrogen-bond donors (Lipinski definition) is 0. The van der Waals surface area contributed by atoms with Gasteiger partial charge in [-0.2, -0.15) is 0 Å². The Morgan fingerprint density at radius 1 is 1.30 bits per heavy atom. The van der Waals surface area contributed by atoms with E-state index in [0.29, 0.717) is 11.5 Å². The Bertz CT molecular complexity index is 476. The number of rotatable bonds is 4. The van der Waals surface area contributed by atoms with Crippen molar-refractivity contribution < 1.29 is 9.18 Å². The highest BCUT2D eigenvalue weighted by Crippen LogP contribution is 2.34. The molecule has 0 heterocycles. The molecule has 0 radical (unpaired) electrons. The number of carbonyl (C=O) groups is 1. The zero-order valence-electron chi connectivity index (χ0n) is 12.2. The highest BCUT2D eigenvalue weighted by atomic mass is 35.5. The molecule has 0 bridgehead atoms. The molecule has 3 heteroatoms. The fraction of sp³-hybridized carbons (Fsp3) is 0.588. The molecule has 0 spiro atoms. The van der Waals surface area contributed by atoms with E-state index in [2.05, 4.69) is 13.8 Å². The first-order chi connectivity index (χ1) is 9.49. The molecule has 1 aromatic rings. The summed E-state index contributed by atoms with van der Waals surface area (Å²) >= 11 is 5.75. The molecule has 1 saturated carbocycles. The summed E-state index contributed by atoms with van der Waals surface area (Å²) in [4.78, 5) is 12.3. The number of halogens is 2. The molecule has 0 amide bonds. The van der Waals surface area contributed by atoms with Gasteiger partial charge in [0.1, 0.15) is 11.6 Å². The molecular weight excluding hydrogens is 275 g/mol. The molecule has 1 fully saturated rings. The average molecular weight is 297 g/mol. The van der Waals surface area contributed by atoms with Gasteiger partial charge in [0.05, 0.1) is 5.02 Å². The van der Waals surface area contributed by atoms with Crippen LogP contribution in [-0.4, -0.2) is 5.78 Å². The first-order valence-electron chi connectivity index (χ1n) is 7.44. The Kier molecular flexibility index (Phi) is 5.20. The monoisotopic (exact) mass is 296 g/mol. The molecule has 0 N–H and O–H groups in total. The normalized spacial score (nSPS) is 23.1. The molecule has 110 valence electrons. The van der Waals surface area contributed by atoms with E-state index >= 15 is 0 Å². The topological polar surface area (TPSA) is 17.1 Å². The van der Waals surface area contributed by atoms with Crippen molar-refractivity contribution in [1.82, 2.24) is 0 Å². The molecular formula is C17H22ClFO. The highest BCUT2D eigenvalue weighted by Gasteiger charge is 2.27. The van der Waals surface area contributed by atoms with E-state index in [4.69, 9.17) is 11.6 Å². The molecule has 1 aliphatic carbocycles.